The van der Waals surface area contributed by atoms with Gasteiger partial charge < -0.3 is 15.7 Å². The van der Waals surface area contributed by atoms with E-state index in [-0.39, 0.29) is 5.91 Å². The Hall–Kier alpha value is -2.61. The van der Waals surface area contributed by atoms with Crippen LogP contribution < -0.4 is 10.6 Å². The molecule has 1 amide bonds. The average Bonchev–Trinajstić information content (AvgIpc) is 3.11. The van der Waals surface area contributed by atoms with Gasteiger partial charge in [-0.05, 0) is 43.7 Å². The van der Waals surface area contributed by atoms with E-state index in [1.807, 2.05) is 48.7 Å². The summed E-state index contributed by atoms with van der Waals surface area (Å²) in [5.74, 6) is -0.0619. The molecule has 6 nitrogen and oxygen atoms in total. The number of aromatic nitrogens is 2. The first-order valence-electron chi connectivity index (χ1n) is 9.18. The van der Waals surface area contributed by atoms with Crippen LogP contribution in [0.15, 0.2) is 54.2 Å². The number of hydrogen-bond donors (Lipinski definition) is 3. The van der Waals surface area contributed by atoms with E-state index >= 15 is 0 Å². The van der Waals surface area contributed by atoms with Crippen molar-refractivity contribution in [2.24, 2.45) is 0 Å². The first-order chi connectivity index (χ1) is 13.6. The van der Waals surface area contributed by atoms with Gasteiger partial charge in [-0.2, -0.15) is 0 Å². The third-order valence-electron chi connectivity index (χ3n) is 4.21. The number of rotatable bonds is 9. The van der Waals surface area contributed by atoms with Crippen LogP contribution in [0, 0.1) is 6.92 Å². The number of carbonyl (C=O) groups is 1. The summed E-state index contributed by atoms with van der Waals surface area (Å²) in [4.78, 5) is 20.4. The Kier molecular flexibility index (Phi) is 7.25. The van der Waals surface area contributed by atoms with Crippen molar-refractivity contribution in [3.05, 3.63) is 76.0 Å². The van der Waals surface area contributed by atoms with Crippen LogP contribution in [0.25, 0.3) is 0 Å². The molecule has 0 aliphatic heterocycles. The van der Waals surface area contributed by atoms with Crippen molar-refractivity contribution in [2.75, 3.05) is 18.4 Å². The second kappa shape index (κ2) is 10.1. The lowest BCUT2D eigenvalue weighted by molar-refractivity contribution is -0.115. The summed E-state index contributed by atoms with van der Waals surface area (Å²) in [5.41, 5.74) is 3.70. The van der Waals surface area contributed by atoms with Crippen molar-refractivity contribution in [1.82, 2.24) is 15.3 Å². The Morgan fingerprint density at radius 3 is 2.75 bits per heavy atom. The van der Waals surface area contributed by atoms with Gasteiger partial charge in [0.2, 0.25) is 5.91 Å². The lowest BCUT2D eigenvalue weighted by Gasteiger charge is -2.12. The highest BCUT2D eigenvalue weighted by molar-refractivity contribution is 7.09. The third kappa shape index (κ3) is 6.23. The number of nitrogens with one attached hydrogen (secondary N) is 2. The maximum absolute atomic E-state index is 12.1. The molecule has 146 valence electrons. The van der Waals surface area contributed by atoms with Crippen molar-refractivity contribution in [2.45, 2.75) is 25.9 Å². The van der Waals surface area contributed by atoms with E-state index in [4.69, 9.17) is 0 Å². The predicted octanol–water partition coefficient (Wildman–Crippen LogP) is 2.89. The number of pyridine rings is 1. The average molecular weight is 397 g/mol. The maximum atomic E-state index is 12.1. The minimum atomic E-state index is -0.562. The normalized spacial score (nSPS) is 11.9. The van der Waals surface area contributed by atoms with Crippen LogP contribution >= 0.6 is 11.3 Å². The van der Waals surface area contributed by atoms with Crippen LogP contribution in [0.1, 0.15) is 27.9 Å². The number of thiazole rings is 1. The van der Waals surface area contributed by atoms with Gasteiger partial charge in [0.05, 0.1) is 12.5 Å². The molecule has 0 aliphatic carbocycles. The smallest absolute Gasteiger partial charge is 0.231 e. The first kappa shape index (κ1) is 20.1. The number of anilines is 1. The lowest BCUT2D eigenvalue weighted by Crippen LogP contribution is -2.23. The zero-order valence-electron chi connectivity index (χ0n) is 15.8. The fraction of sp³-hybridized carbons (Fsp3) is 0.286. The minimum Gasteiger partial charge on any atom is -0.387 e. The van der Waals surface area contributed by atoms with Gasteiger partial charge in [-0.15, -0.1) is 11.3 Å². The zero-order valence-corrected chi connectivity index (χ0v) is 16.6. The number of aliphatic hydroxyl groups excluding tert-OH is 1. The predicted molar refractivity (Wildman–Crippen MR) is 111 cm³/mol. The van der Waals surface area contributed by atoms with Gasteiger partial charge in [-0.25, -0.2) is 4.98 Å². The molecule has 0 bridgehead atoms. The SMILES string of the molecule is Cc1csc(CC(=O)Nc2ccc(CCNC[C@H](O)c3cccnc3)cc2)n1. The fourth-order valence-electron chi connectivity index (χ4n) is 2.74. The van der Waals surface area contributed by atoms with Gasteiger partial charge in [0, 0.05) is 41.3 Å². The molecule has 0 radical (unpaired) electrons. The highest BCUT2D eigenvalue weighted by atomic mass is 32.1. The molecule has 1 atom stereocenters. The molecule has 2 aromatic heterocycles. The number of nitrogens with zero attached hydrogens (tertiary/aromatic N) is 2. The van der Waals surface area contributed by atoms with Crippen molar-refractivity contribution < 1.29 is 9.90 Å². The largest absolute Gasteiger partial charge is 0.387 e. The summed E-state index contributed by atoms with van der Waals surface area (Å²) >= 11 is 1.50. The van der Waals surface area contributed by atoms with Crippen molar-refractivity contribution >= 4 is 22.9 Å². The number of aryl methyl sites for hydroxylation is 1. The molecule has 7 heteroatoms. The molecule has 0 saturated heterocycles. The molecule has 0 unspecified atom stereocenters. The number of benzene rings is 1. The number of carbonyl (C=O) groups excluding carboxylic acids is 1. The van der Waals surface area contributed by atoms with Crippen LogP contribution in [-0.2, 0) is 17.6 Å². The lowest BCUT2D eigenvalue weighted by atomic mass is 10.1. The molecule has 0 saturated carbocycles. The van der Waals surface area contributed by atoms with Gasteiger partial charge in [-0.1, -0.05) is 18.2 Å². The third-order valence-corrected chi connectivity index (χ3v) is 5.18. The van der Waals surface area contributed by atoms with E-state index in [9.17, 15) is 9.90 Å². The number of hydrogen-bond acceptors (Lipinski definition) is 6. The van der Waals surface area contributed by atoms with Crippen molar-refractivity contribution in [3.63, 3.8) is 0 Å². The molecule has 3 rings (SSSR count). The summed E-state index contributed by atoms with van der Waals surface area (Å²) in [5, 5.41) is 19.0. The van der Waals surface area contributed by atoms with Crippen LogP contribution in [0.3, 0.4) is 0 Å². The highest BCUT2D eigenvalue weighted by Crippen LogP contribution is 2.13. The highest BCUT2D eigenvalue weighted by Gasteiger charge is 2.08. The van der Waals surface area contributed by atoms with E-state index in [1.54, 1.807) is 12.4 Å². The van der Waals surface area contributed by atoms with Gasteiger partial charge >= 0.3 is 0 Å². The molecule has 3 N–H and O–H groups in total. The van der Waals surface area contributed by atoms with Gasteiger partial charge in [0.25, 0.3) is 0 Å². The summed E-state index contributed by atoms with van der Waals surface area (Å²) in [6, 6.07) is 11.5. The standard InChI is InChI=1S/C21H24N4O2S/c1-15-14-28-21(24-15)11-20(27)25-18-6-4-16(5-7-18)8-10-23-13-19(26)17-3-2-9-22-12-17/h2-7,9,12,14,19,23,26H,8,10-11,13H2,1H3,(H,25,27)/t19-/m0/s1. The topological polar surface area (TPSA) is 87.1 Å². The molecular formula is C21H24N4O2S. The minimum absolute atomic E-state index is 0.0619. The molecule has 2 heterocycles. The quantitative estimate of drug-likeness (QED) is 0.484. The van der Waals surface area contributed by atoms with Crippen LogP contribution in [0.4, 0.5) is 5.69 Å². The molecule has 28 heavy (non-hydrogen) atoms. The van der Waals surface area contributed by atoms with E-state index in [1.165, 1.54) is 11.3 Å². The Morgan fingerprint density at radius 1 is 1.25 bits per heavy atom. The van der Waals surface area contributed by atoms with E-state index < -0.39 is 6.10 Å². The van der Waals surface area contributed by atoms with Gasteiger partial charge in [0.15, 0.2) is 0 Å². The Labute approximate surface area is 168 Å². The van der Waals surface area contributed by atoms with Crippen molar-refractivity contribution in [3.8, 4) is 0 Å². The van der Waals surface area contributed by atoms with Gasteiger partial charge in [0.1, 0.15) is 5.01 Å². The van der Waals surface area contributed by atoms with Crippen LogP contribution in [-0.4, -0.2) is 34.1 Å². The molecule has 1 aromatic carbocycles. The summed E-state index contributed by atoms with van der Waals surface area (Å²) in [6.45, 7) is 3.16. The molecular weight excluding hydrogens is 372 g/mol. The number of aliphatic hydroxyl groups is 1. The van der Waals surface area contributed by atoms with E-state index in [0.717, 1.165) is 40.5 Å². The molecule has 0 spiro atoms. The van der Waals surface area contributed by atoms with E-state index in [0.29, 0.717) is 13.0 Å². The Morgan fingerprint density at radius 2 is 2.07 bits per heavy atom. The summed E-state index contributed by atoms with van der Waals surface area (Å²) in [6.07, 6.45) is 3.94. The summed E-state index contributed by atoms with van der Waals surface area (Å²) in [7, 11) is 0. The van der Waals surface area contributed by atoms with Crippen LogP contribution in [0.5, 0.6) is 0 Å². The molecule has 3 aromatic rings. The summed E-state index contributed by atoms with van der Waals surface area (Å²) < 4.78 is 0. The number of amides is 1. The van der Waals surface area contributed by atoms with Gasteiger partial charge in [-0.3, -0.25) is 9.78 Å². The monoisotopic (exact) mass is 396 g/mol. The van der Waals surface area contributed by atoms with Crippen molar-refractivity contribution in [1.29, 1.82) is 0 Å². The maximum Gasteiger partial charge on any atom is 0.231 e. The Bertz CT molecular complexity index is 881. The zero-order chi connectivity index (χ0) is 19.8. The fourth-order valence-corrected chi connectivity index (χ4v) is 3.51. The Balaban J connectivity index is 1.38. The van der Waals surface area contributed by atoms with E-state index in [2.05, 4.69) is 20.6 Å². The molecule has 0 fully saturated rings. The van der Waals surface area contributed by atoms with Crippen LogP contribution in [0.2, 0.25) is 0 Å². The second-order valence-corrected chi connectivity index (χ2v) is 7.50. The first-order valence-corrected chi connectivity index (χ1v) is 10.1. The second-order valence-electron chi connectivity index (χ2n) is 6.56. The molecule has 0 aliphatic rings.